The van der Waals surface area contributed by atoms with E-state index in [-0.39, 0.29) is 16.8 Å². The number of pyridine rings is 1. The fourth-order valence-corrected chi connectivity index (χ4v) is 3.62. The first-order valence-electron chi connectivity index (χ1n) is 8.36. The van der Waals surface area contributed by atoms with Crippen LogP contribution in [0.2, 0.25) is 0 Å². The first kappa shape index (κ1) is 20.5. The summed E-state index contributed by atoms with van der Waals surface area (Å²) in [6, 6.07) is 10.3. The van der Waals surface area contributed by atoms with Gasteiger partial charge >= 0.3 is 0 Å². The van der Waals surface area contributed by atoms with Crippen molar-refractivity contribution in [3.8, 4) is 5.75 Å². The SMILES string of the molecule is COc1ccc(C=C2SC(=S)N(CC(=O)NNC(=O)c3cccnc3)C2=O)cc1. The molecule has 0 aliphatic carbocycles. The number of hydrogen-bond donors (Lipinski definition) is 2. The summed E-state index contributed by atoms with van der Waals surface area (Å²) in [4.78, 5) is 42.1. The summed E-state index contributed by atoms with van der Waals surface area (Å²) < 4.78 is 5.37. The van der Waals surface area contributed by atoms with E-state index in [0.29, 0.717) is 16.2 Å². The molecule has 0 radical (unpaired) electrons. The summed E-state index contributed by atoms with van der Waals surface area (Å²) in [6.45, 7) is -0.308. The number of aromatic nitrogens is 1. The molecule has 1 saturated heterocycles. The maximum absolute atomic E-state index is 12.6. The lowest BCUT2D eigenvalue weighted by Crippen LogP contribution is -2.47. The number of thioether (sulfide) groups is 1. The topological polar surface area (TPSA) is 101 Å². The van der Waals surface area contributed by atoms with Crippen LogP contribution in [0.1, 0.15) is 15.9 Å². The average molecular weight is 428 g/mol. The van der Waals surface area contributed by atoms with Crippen LogP contribution in [-0.2, 0) is 9.59 Å². The minimum Gasteiger partial charge on any atom is -0.497 e. The van der Waals surface area contributed by atoms with Crippen LogP contribution in [0.4, 0.5) is 0 Å². The minimum atomic E-state index is -0.579. The molecule has 2 N–H and O–H groups in total. The van der Waals surface area contributed by atoms with Gasteiger partial charge in [-0.25, -0.2) is 0 Å². The predicted octanol–water partition coefficient (Wildman–Crippen LogP) is 1.75. The predicted molar refractivity (Wildman–Crippen MR) is 113 cm³/mol. The molecule has 1 aromatic carbocycles. The molecule has 0 spiro atoms. The van der Waals surface area contributed by atoms with Crippen LogP contribution >= 0.6 is 24.0 Å². The molecule has 1 aliphatic rings. The molecule has 10 heteroatoms. The van der Waals surface area contributed by atoms with Crippen LogP contribution < -0.4 is 15.6 Å². The summed E-state index contributed by atoms with van der Waals surface area (Å²) >= 11 is 6.32. The largest absolute Gasteiger partial charge is 0.497 e. The summed E-state index contributed by atoms with van der Waals surface area (Å²) in [5, 5.41) is 0. The number of carbonyl (C=O) groups is 3. The van der Waals surface area contributed by atoms with Crippen LogP contribution in [0.25, 0.3) is 6.08 Å². The number of thiocarbonyl (C=S) groups is 1. The third-order valence-corrected chi connectivity index (χ3v) is 5.21. The van der Waals surface area contributed by atoms with E-state index in [1.807, 2.05) is 12.1 Å². The van der Waals surface area contributed by atoms with Crippen LogP contribution in [0.15, 0.2) is 53.7 Å². The molecule has 0 bridgehead atoms. The van der Waals surface area contributed by atoms with Gasteiger partial charge in [-0.05, 0) is 35.9 Å². The van der Waals surface area contributed by atoms with Gasteiger partial charge in [-0.2, -0.15) is 0 Å². The van der Waals surface area contributed by atoms with Crippen molar-refractivity contribution in [3.05, 3.63) is 64.8 Å². The first-order valence-corrected chi connectivity index (χ1v) is 9.59. The van der Waals surface area contributed by atoms with Crippen molar-refractivity contribution in [2.75, 3.05) is 13.7 Å². The van der Waals surface area contributed by atoms with Crippen molar-refractivity contribution >= 4 is 52.1 Å². The van der Waals surface area contributed by atoms with Gasteiger partial charge in [0.2, 0.25) is 0 Å². The van der Waals surface area contributed by atoms with E-state index in [1.54, 1.807) is 37.5 Å². The third kappa shape index (κ3) is 5.18. The number of amides is 3. The van der Waals surface area contributed by atoms with Crippen LogP contribution in [0.5, 0.6) is 5.75 Å². The second-order valence-corrected chi connectivity index (χ2v) is 7.46. The van der Waals surface area contributed by atoms with Gasteiger partial charge in [0.1, 0.15) is 16.6 Å². The monoisotopic (exact) mass is 428 g/mol. The number of nitrogens with zero attached hydrogens (tertiary/aromatic N) is 2. The Hall–Kier alpha value is -3.24. The van der Waals surface area contributed by atoms with E-state index < -0.39 is 11.8 Å². The van der Waals surface area contributed by atoms with Crippen molar-refractivity contribution in [1.29, 1.82) is 0 Å². The molecule has 1 fully saturated rings. The molecule has 2 heterocycles. The average Bonchev–Trinajstić information content (AvgIpc) is 3.00. The third-order valence-electron chi connectivity index (χ3n) is 3.83. The Morgan fingerprint density at radius 2 is 2.00 bits per heavy atom. The molecule has 1 aliphatic heterocycles. The fourth-order valence-electron chi connectivity index (χ4n) is 2.37. The van der Waals surface area contributed by atoms with Crippen molar-refractivity contribution in [2.45, 2.75) is 0 Å². The zero-order chi connectivity index (χ0) is 20.8. The van der Waals surface area contributed by atoms with Gasteiger partial charge in [0, 0.05) is 12.4 Å². The zero-order valence-corrected chi connectivity index (χ0v) is 16.9. The fraction of sp³-hybridized carbons (Fsp3) is 0.105. The van der Waals surface area contributed by atoms with Gasteiger partial charge in [0.25, 0.3) is 17.7 Å². The van der Waals surface area contributed by atoms with Crippen LogP contribution in [-0.4, -0.2) is 45.6 Å². The lowest BCUT2D eigenvalue weighted by atomic mass is 10.2. The summed E-state index contributed by atoms with van der Waals surface area (Å²) in [5.74, 6) is -0.760. The molecule has 1 aromatic heterocycles. The van der Waals surface area contributed by atoms with E-state index in [9.17, 15) is 14.4 Å². The Morgan fingerprint density at radius 3 is 2.66 bits per heavy atom. The maximum Gasteiger partial charge on any atom is 0.271 e. The van der Waals surface area contributed by atoms with Gasteiger partial charge < -0.3 is 4.74 Å². The molecular weight excluding hydrogens is 412 g/mol. The highest BCUT2D eigenvalue weighted by Crippen LogP contribution is 2.32. The summed E-state index contributed by atoms with van der Waals surface area (Å²) in [6.07, 6.45) is 4.60. The number of carbonyl (C=O) groups excluding carboxylic acids is 3. The Kier molecular flexibility index (Phi) is 6.57. The number of rotatable bonds is 5. The lowest BCUT2D eigenvalue weighted by Gasteiger charge is -2.14. The minimum absolute atomic E-state index is 0.267. The van der Waals surface area contributed by atoms with Crippen LogP contribution in [0, 0.1) is 0 Å². The highest BCUT2D eigenvalue weighted by Gasteiger charge is 2.33. The van der Waals surface area contributed by atoms with Crippen molar-refractivity contribution < 1.29 is 19.1 Å². The van der Waals surface area contributed by atoms with E-state index in [4.69, 9.17) is 17.0 Å². The number of nitrogens with one attached hydrogen (secondary N) is 2. The van der Waals surface area contributed by atoms with E-state index in [2.05, 4.69) is 15.8 Å². The Balaban J connectivity index is 1.58. The number of ether oxygens (including phenoxy) is 1. The van der Waals surface area contributed by atoms with Gasteiger partial charge in [0.15, 0.2) is 0 Å². The molecule has 148 valence electrons. The smallest absolute Gasteiger partial charge is 0.271 e. The number of benzene rings is 1. The molecule has 3 rings (SSSR count). The number of hydrazine groups is 1. The summed E-state index contributed by atoms with van der Waals surface area (Å²) in [5.41, 5.74) is 5.63. The number of methoxy groups -OCH3 is 1. The molecule has 0 atom stereocenters. The maximum atomic E-state index is 12.6. The molecular formula is C19H16N4O4S2. The van der Waals surface area contributed by atoms with Gasteiger partial charge in [-0.3, -0.25) is 35.1 Å². The highest BCUT2D eigenvalue weighted by molar-refractivity contribution is 8.26. The molecule has 2 aromatic rings. The molecule has 29 heavy (non-hydrogen) atoms. The standard InChI is InChI=1S/C19H16N4O4S2/c1-27-14-6-4-12(5-7-14)9-15-18(26)23(19(28)29-15)11-16(24)21-22-17(25)13-3-2-8-20-10-13/h2-10H,11H2,1H3,(H,21,24)(H,22,25). The second-order valence-electron chi connectivity index (χ2n) is 5.79. The summed E-state index contributed by atoms with van der Waals surface area (Å²) in [7, 11) is 1.57. The van der Waals surface area contributed by atoms with Crippen molar-refractivity contribution in [3.63, 3.8) is 0 Å². The Morgan fingerprint density at radius 1 is 1.24 bits per heavy atom. The number of hydrogen-bond acceptors (Lipinski definition) is 7. The highest BCUT2D eigenvalue weighted by atomic mass is 32.2. The van der Waals surface area contributed by atoms with Gasteiger partial charge in [0.05, 0.1) is 17.6 Å². The van der Waals surface area contributed by atoms with Gasteiger partial charge in [-0.15, -0.1) is 0 Å². The molecule has 3 amide bonds. The quantitative estimate of drug-likeness (QED) is 0.425. The van der Waals surface area contributed by atoms with Gasteiger partial charge in [-0.1, -0.05) is 36.1 Å². The van der Waals surface area contributed by atoms with E-state index in [1.165, 1.54) is 17.3 Å². The van der Waals surface area contributed by atoms with E-state index >= 15 is 0 Å². The Bertz CT molecular complexity index is 977. The molecule has 0 unspecified atom stereocenters. The molecule has 0 saturated carbocycles. The molecule has 8 nitrogen and oxygen atoms in total. The van der Waals surface area contributed by atoms with E-state index in [0.717, 1.165) is 17.3 Å². The van der Waals surface area contributed by atoms with Crippen molar-refractivity contribution in [1.82, 2.24) is 20.7 Å². The zero-order valence-electron chi connectivity index (χ0n) is 15.2. The lowest BCUT2D eigenvalue weighted by molar-refractivity contribution is -0.129. The second kappa shape index (κ2) is 9.30. The Labute approximate surface area is 176 Å². The first-order chi connectivity index (χ1) is 14.0. The normalized spacial score (nSPS) is 14.8. The van der Waals surface area contributed by atoms with Crippen LogP contribution in [0.3, 0.4) is 0 Å². The van der Waals surface area contributed by atoms with Crippen molar-refractivity contribution in [2.24, 2.45) is 0 Å².